The Labute approximate surface area is 191 Å². The van der Waals surface area contributed by atoms with E-state index < -0.39 is 5.91 Å². The van der Waals surface area contributed by atoms with Crippen molar-refractivity contribution in [2.45, 2.75) is 19.3 Å². The maximum atomic E-state index is 12.2. The minimum Gasteiger partial charge on any atom is -0.382 e. The SMILES string of the molecule is CN(CCCCCNC(=O)c1ccc(Cl)cc1)CCNC(=O)c1nc(Cl)c(N)nc1N. The van der Waals surface area contributed by atoms with E-state index in [0.29, 0.717) is 30.2 Å². The number of unbranched alkanes of at least 4 members (excludes halogenated alkanes) is 2. The Morgan fingerprint density at radius 2 is 1.58 bits per heavy atom. The Morgan fingerprint density at radius 1 is 0.903 bits per heavy atom. The zero-order valence-corrected chi connectivity index (χ0v) is 18.8. The molecular weight excluding hydrogens is 441 g/mol. The summed E-state index contributed by atoms with van der Waals surface area (Å²) in [6, 6.07) is 6.80. The number of hydrogen-bond acceptors (Lipinski definition) is 7. The summed E-state index contributed by atoms with van der Waals surface area (Å²) >= 11 is 11.6. The molecule has 0 saturated heterocycles. The molecule has 0 unspecified atom stereocenters. The van der Waals surface area contributed by atoms with Crippen LogP contribution in [-0.4, -0.2) is 59.9 Å². The first-order valence-electron chi connectivity index (χ1n) is 9.87. The molecule has 1 heterocycles. The molecule has 2 rings (SSSR count). The second-order valence-corrected chi connectivity index (χ2v) is 7.81. The van der Waals surface area contributed by atoms with Gasteiger partial charge in [0, 0.05) is 30.2 Å². The standard InChI is InChI=1S/C20H27Cl2N7O2/c1-29(12-10-26-20(31)15-17(23)28-18(24)16(22)27-15)11-4-2-3-9-25-19(30)13-5-7-14(21)8-6-13/h5-8H,2-4,9-12H2,1H3,(H,25,30)(H,26,31)(H4,23,24,28). The van der Waals surface area contributed by atoms with Crippen LogP contribution in [0.1, 0.15) is 40.1 Å². The van der Waals surface area contributed by atoms with Crippen molar-refractivity contribution in [2.75, 3.05) is 44.7 Å². The highest BCUT2D eigenvalue weighted by molar-refractivity contribution is 6.31. The number of benzene rings is 1. The third-order valence-corrected chi connectivity index (χ3v) is 5.04. The van der Waals surface area contributed by atoms with Crippen molar-refractivity contribution in [1.82, 2.24) is 25.5 Å². The highest BCUT2D eigenvalue weighted by atomic mass is 35.5. The van der Waals surface area contributed by atoms with Crippen LogP contribution in [0.2, 0.25) is 10.2 Å². The number of aromatic nitrogens is 2. The Morgan fingerprint density at radius 3 is 2.29 bits per heavy atom. The van der Waals surface area contributed by atoms with Crippen molar-refractivity contribution in [3.05, 3.63) is 45.7 Å². The molecule has 1 aromatic heterocycles. The Hall–Kier alpha value is -2.62. The zero-order valence-electron chi connectivity index (χ0n) is 17.3. The molecule has 0 radical (unpaired) electrons. The number of nitrogens with zero attached hydrogens (tertiary/aromatic N) is 3. The number of rotatable bonds is 11. The second kappa shape index (κ2) is 12.3. The molecule has 0 atom stereocenters. The first-order valence-corrected chi connectivity index (χ1v) is 10.6. The van der Waals surface area contributed by atoms with Crippen molar-refractivity contribution in [3.8, 4) is 0 Å². The number of halogens is 2. The lowest BCUT2D eigenvalue weighted by Gasteiger charge is -2.17. The quantitative estimate of drug-likeness (QED) is 0.371. The lowest BCUT2D eigenvalue weighted by Crippen LogP contribution is -2.34. The first kappa shape index (κ1) is 24.6. The summed E-state index contributed by atoms with van der Waals surface area (Å²) in [5.74, 6) is -0.620. The number of nitrogens with one attached hydrogen (secondary N) is 2. The Balaban J connectivity index is 1.56. The van der Waals surface area contributed by atoms with E-state index in [2.05, 4.69) is 25.5 Å². The number of likely N-dealkylation sites (N-methyl/N-ethyl adjacent to an activating group) is 1. The van der Waals surface area contributed by atoms with Gasteiger partial charge >= 0.3 is 0 Å². The van der Waals surface area contributed by atoms with Crippen LogP contribution in [0.15, 0.2) is 24.3 Å². The number of carbonyl (C=O) groups is 2. The summed E-state index contributed by atoms with van der Waals surface area (Å²) in [6.07, 6.45) is 2.85. The lowest BCUT2D eigenvalue weighted by molar-refractivity contribution is 0.0939. The molecule has 0 spiro atoms. The highest BCUT2D eigenvalue weighted by Gasteiger charge is 2.15. The summed E-state index contributed by atoms with van der Waals surface area (Å²) in [5, 5.41) is 6.19. The van der Waals surface area contributed by atoms with Crippen molar-refractivity contribution < 1.29 is 9.59 Å². The maximum absolute atomic E-state index is 12.2. The molecule has 0 aliphatic rings. The maximum Gasteiger partial charge on any atom is 0.273 e. The van der Waals surface area contributed by atoms with E-state index in [0.717, 1.165) is 25.8 Å². The van der Waals surface area contributed by atoms with Gasteiger partial charge in [0.25, 0.3) is 11.8 Å². The third-order valence-electron chi connectivity index (χ3n) is 4.51. The van der Waals surface area contributed by atoms with E-state index in [1.165, 1.54) is 0 Å². The molecule has 168 valence electrons. The monoisotopic (exact) mass is 467 g/mol. The van der Waals surface area contributed by atoms with Crippen molar-refractivity contribution in [1.29, 1.82) is 0 Å². The first-order chi connectivity index (χ1) is 14.8. The molecule has 31 heavy (non-hydrogen) atoms. The molecule has 6 N–H and O–H groups in total. The van der Waals surface area contributed by atoms with Gasteiger partial charge in [-0.05, 0) is 50.7 Å². The summed E-state index contributed by atoms with van der Waals surface area (Å²) in [5.41, 5.74) is 11.7. The molecule has 11 heteroatoms. The highest BCUT2D eigenvalue weighted by Crippen LogP contribution is 2.17. The summed E-state index contributed by atoms with van der Waals surface area (Å²) < 4.78 is 0. The van der Waals surface area contributed by atoms with Crippen LogP contribution in [0, 0.1) is 0 Å². The molecule has 0 aliphatic carbocycles. The minimum atomic E-state index is -0.447. The van der Waals surface area contributed by atoms with Gasteiger partial charge in [0.15, 0.2) is 22.5 Å². The number of carbonyl (C=O) groups excluding carboxylic acids is 2. The van der Waals surface area contributed by atoms with Gasteiger partial charge in [0.2, 0.25) is 0 Å². The van der Waals surface area contributed by atoms with E-state index in [1.807, 2.05) is 7.05 Å². The van der Waals surface area contributed by atoms with Gasteiger partial charge in [-0.25, -0.2) is 9.97 Å². The molecule has 0 bridgehead atoms. The predicted octanol–water partition coefficient (Wildman–Crippen LogP) is 2.21. The number of anilines is 2. The van der Waals surface area contributed by atoms with E-state index in [9.17, 15) is 9.59 Å². The zero-order chi connectivity index (χ0) is 22.8. The number of hydrogen-bond donors (Lipinski definition) is 4. The summed E-state index contributed by atoms with van der Waals surface area (Å²) in [4.78, 5) is 33.9. The van der Waals surface area contributed by atoms with Gasteiger partial charge in [-0.1, -0.05) is 29.6 Å². The van der Waals surface area contributed by atoms with Crippen LogP contribution >= 0.6 is 23.2 Å². The van der Waals surface area contributed by atoms with Crippen molar-refractivity contribution in [3.63, 3.8) is 0 Å². The lowest BCUT2D eigenvalue weighted by atomic mass is 10.2. The van der Waals surface area contributed by atoms with Gasteiger partial charge in [0.1, 0.15) is 0 Å². The van der Waals surface area contributed by atoms with Gasteiger partial charge in [-0.3, -0.25) is 9.59 Å². The number of amides is 2. The van der Waals surface area contributed by atoms with E-state index in [-0.39, 0.29) is 28.4 Å². The van der Waals surface area contributed by atoms with Crippen LogP contribution in [-0.2, 0) is 0 Å². The molecule has 1 aromatic carbocycles. The fourth-order valence-electron chi connectivity index (χ4n) is 2.75. The third kappa shape index (κ3) is 8.20. The molecule has 0 saturated carbocycles. The van der Waals surface area contributed by atoms with Gasteiger partial charge in [0.05, 0.1) is 0 Å². The fraction of sp³-hybridized carbons (Fsp3) is 0.400. The largest absolute Gasteiger partial charge is 0.382 e. The van der Waals surface area contributed by atoms with Gasteiger partial charge in [-0.15, -0.1) is 0 Å². The van der Waals surface area contributed by atoms with E-state index >= 15 is 0 Å². The van der Waals surface area contributed by atoms with Crippen LogP contribution in [0.25, 0.3) is 0 Å². The van der Waals surface area contributed by atoms with Gasteiger partial charge < -0.3 is 27.0 Å². The van der Waals surface area contributed by atoms with E-state index in [4.69, 9.17) is 34.7 Å². The molecule has 0 aliphatic heterocycles. The summed E-state index contributed by atoms with van der Waals surface area (Å²) in [6.45, 7) is 2.58. The van der Waals surface area contributed by atoms with Crippen LogP contribution in [0.3, 0.4) is 0 Å². The number of nitrogens with two attached hydrogens (primary N) is 2. The second-order valence-electron chi connectivity index (χ2n) is 7.02. The number of nitrogen functional groups attached to an aromatic ring is 2. The Kier molecular flexibility index (Phi) is 9.77. The van der Waals surface area contributed by atoms with Gasteiger partial charge in [-0.2, -0.15) is 0 Å². The predicted molar refractivity (Wildman–Crippen MR) is 123 cm³/mol. The normalized spacial score (nSPS) is 10.8. The molecular formula is C20H27Cl2N7O2. The average Bonchev–Trinajstić information content (AvgIpc) is 2.73. The van der Waals surface area contributed by atoms with E-state index in [1.54, 1.807) is 24.3 Å². The average molecular weight is 468 g/mol. The molecule has 2 aromatic rings. The molecule has 0 fully saturated rings. The topological polar surface area (TPSA) is 139 Å². The Bertz CT molecular complexity index is 894. The van der Waals surface area contributed by atoms with Crippen molar-refractivity contribution >= 4 is 46.7 Å². The molecule has 9 nitrogen and oxygen atoms in total. The summed E-state index contributed by atoms with van der Waals surface area (Å²) in [7, 11) is 1.97. The fourth-order valence-corrected chi connectivity index (χ4v) is 3.01. The molecule has 2 amide bonds. The van der Waals surface area contributed by atoms with Crippen LogP contribution in [0.5, 0.6) is 0 Å². The van der Waals surface area contributed by atoms with Crippen LogP contribution < -0.4 is 22.1 Å². The van der Waals surface area contributed by atoms with Crippen LogP contribution in [0.4, 0.5) is 11.6 Å². The smallest absolute Gasteiger partial charge is 0.273 e. The minimum absolute atomic E-state index is 0.0139. The van der Waals surface area contributed by atoms with Crippen molar-refractivity contribution in [2.24, 2.45) is 0 Å².